The molecule has 0 amide bonds. The number of thioether (sulfide) groups is 1. The van der Waals surface area contributed by atoms with Crippen LogP contribution in [0.1, 0.15) is 32.6 Å². The molecule has 1 N–H and O–H groups in total. The summed E-state index contributed by atoms with van der Waals surface area (Å²) in [5.74, 6) is 0.0509. The molecule has 3 heteroatoms. The normalized spacial score (nSPS) is 19.3. The summed E-state index contributed by atoms with van der Waals surface area (Å²) in [6.07, 6.45) is 7.12. The molecule has 2 nitrogen and oxygen atoms in total. The largest absolute Gasteiger partial charge is 0.478 e. The molecule has 1 aliphatic rings. The number of rotatable bonds is 4. The van der Waals surface area contributed by atoms with Gasteiger partial charge in [0, 0.05) is 16.6 Å². The number of carboxylic acids is 1. The van der Waals surface area contributed by atoms with Gasteiger partial charge in [-0.3, -0.25) is 0 Å². The van der Waals surface area contributed by atoms with Crippen molar-refractivity contribution < 1.29 is 9.90 Å². The van der Waals surface area contributed by atoms with E-state index < -0.39 is 5.97 Å². The Labute approximate surface area is 83.4 Å². The molecule has 0 heterocycles. The molecular weight excluding hydrogens is 184 g/mol. The molecule has 0 spiro atoms. The topological polar surface area (TPSA) is 37.3 Å². The fourth-order valence-corrected chi connectivity index (χ4v) is 2.74. The van der Waals surface area contributed by atoms with Crippen molar-refractivity contribution >= 4 is 17.7 Å². The quantitative estimate of drug-likeness (QED) is 0.709. The molecule has 1 saturated carbocycles. The molecule has 0 aromatic heterocycles. The Bertz CT molecular complexity index is 205. The SMILES string of the molecule is CC(=CCSC1CCCC1)C(=O)O. The van der Waals surface area contributed by atoms with Crippen molar-refractivity contribution in [3.8, 4) is 0 Å². The van der Waals surface area contributed by atoms with Gasteiger partial charge in [0.05, 0.1) is 0 Å². The van der Waals surface area contributed by atoms with Crippen LogP contribution in [-0.2, 0) is 4.79 Å². The molecule has 0 aromatic carbocycles. The zero-order valence-electron chi connectivity index (χ0n) is 7.95. The summed E-state index contributed by atoms with van der Waals surface area (Å²) in [6, 6.07) is 0. The Balaban J connectivity index is 2.18. The summed E-state index contributed by atoms with van der Waals surface area (Å²) in [5, 5.41) is 9.37. The van der Waals surface area contributed by atoms with E-state index >= 15 is 0 Å². The molecule has 0 unspecified atom stereocenters. The predicted molar refractivity (Wildman–Crippen MR) is 56.1 cm³/mol. The van der Waals surface area contributed by atoms with E-state index in [0.29, 0.717) is 5.57 Å². The van der Waals surface area contributed by atoms with Crippen LogP contribution in [0.2, 0.25) is 0 Å². The molecule has 0 aromatic rings. The van der Waals surface area contributed by atoms with Crippen LogP contribution in [0.5, 0.6) is 0 Å². The van der Waals surface area contributed by atoms with E-state index in [2.05, 4.69) is 0 Å². The van der Waals surface area contributed by atoms with E-state index in [4.69, 9.17) is 5.11 Å². The molecule has 1 rings (SSSR count). The summed E-state index contributed by atoms with van der Waals surface area (Å²) in [7, 11) is 0. The van der Waals surface area contributed by atoms with E-state index in [-0.39, 0.29) is 0 Å². The average molecular weight is 200 g/mol. The highest BCUT2D eigenvalue weighted by Gasteiger charge is 2.14. The zero-order chi connectivity index (χ0) is 9.68. The van der Waals surface area contributed by atoms with Gasteiger partial charge in [-0.25, -0.2) is 4.79 Å². The van der Waals surface area contributed by atoms with E-state index in [1.165, 1.54) is 25.7 Å². The molecule has 0 radical (unpaired) electrons. The number of carboxylic acid groups (broad SMARTS) is 1. The average Bonchev–Trinajstić information content (AvgIpc) is 2.56. The summed E-state index contributed by atoms with van der Waals surface area (Å²) in [5.41, 5.74) is 0.463. The van der Waals surface area contributed by atoms with Crippen molar-refractivity contribution in [2.45, 2.75) is 37.9 Å². The third kappa shape index (κ3) is 3.85. The van der Waals surface area contributed by atoms with Crippen LogP contribution in [0, 0.1) is 0 Å². The van der Waals surface area contributed by atoms with E-state index in [9.17, 15) is 4.79 Å². The Hall–Kier alpha value is -0.440. The lowest BCUT2D eigenvalue weighted by atomic mass is 10.3. The third-order valence-corrected chi connectivity index (χ3v) is 3.66. The van der Waals surface area contributed by atoms with Gasteiger partial charge in [-0.15, -0.1) is 0 Å². The van der Waals surface area contributed by atoms with Gasteiger partial charge in [0.15, 0.2) is 0 Å². The molecule has 1 fully saturated rings. The van der Waals surface area contributed by atoms with Gasteiger partial charge in [0.2, 0.25) is 0 Å². The molecule has 0 atom stereocenters. The van der Waals surface area contributed by atoms with E-state index in [0.717, 1.165) is 11.0 Å². The number of hydrogen-bond acceptors (Lipinski definition) is 2. The van der Waals surface area contributed by atoms with Gasteiger partial charge in [-0.1, -0.05) is 18.9 Å². The van der Waals surface area contributed by atoms with E-state index in [1.807, 2.05) is 17.8 Å². The summed E-state index contributed by atoms with van der Waals surface area (Å²) >= 11 is 1.89. The van der Waals surface area contributed by atoms with Gasteiger partial charge in [-0.2, -0.15) is 11.8 Å². The van der Waals surface area contributed by atoms with Gasteiger partial charge < -0.3 is 5.11 Å². The van der Waals surface area contributed by atoms with Gasteiger partial charge in [-0.05, 0) is 19.8 Å². The Morgan fingerprint density at radius 1 is 1.54 bits per heavy atom. The lowest BCUT2D eigenvalue weighted by Gasteiger charge is -2.05. The predicted octanol–water partition coefficient (Wildman–Crippen LogP) is 2.69. The second-order valence-electron chi connectivity index (χ2n) is 3.43. The highest BCUT2D eigenvalue weighted by molar-refractivity contribution is 8.00. The fraction of sp³-hybridized carbons (Fsp3) is 0.700. The van der Waals surface area contributed by atoms with Crippen LogP contribution in [0.15, 0.2) is 11.6 Å². The van der Waals surface area contributed by atoms with Crippen LogP contribution >= 0.6 is 11.8 Å². The minimum absolute atomic E-state index is 0.463. The molecule has 13 heavy (non-hydrogen) atoms. The maximum absolute atomic E-state index is 10.4. The number of aliphatic carboxylic acids is 1. The minimum Gasteiger partial charge on any atom is -0.478 e. The first-order chi connectivity index (χ1) is 6.20. The van der Waals surface area contributed by atoms with Gasteiger partial charge in [0.25, 0.3) is 0 Å². The first-order valence-corrected chi connectivity index (χ1v) is 5.76. The molecule has 0 saturated heterocycles. The van der Waals surface area contributed by atoms with Crippen LogP contribution < -0.4 is 0 Å². The third-order valence-electron chi connectivity index (χ3n) is 2.36. The number of carbonyl (C=O) groups is 1. The van der Waals surface area contributed by atoms with Crippen LogP contribution in [0.4, 0.5) is 0 Å². The lowest BCUT2D eigenvalue weighted by Crippen LogP contribution is -1.98. The van der Waals surface area contributed by atoms with Crippen molar-refractivity contribution in [3.05, 3.63) is 11.6 Å². The van der Waals surface area contributed by atoms with Crippen molar-refractivity contribution in [2.24, 2.45) is 0 Å². The molecule has 1 aliphatic carbocycles. The van der Waals surface area contributed by atoms with Crippen molar-refractivity contribution in [1.29, 1.82) is 0 Å². The van der Waals surface area contributed by atoms with Crippen molar-refractivity contribution in [1.82, 2.24) is 0 Å². The minimum atomic E-state index is -0.799. The Kier molecular flexibility index (Phi) is 4.36. The molecule has 0 bridgehead atoms. The highest BCUT2D eigenvalue weighted by Crippen LogP contribution is 2.29. The maximum atomic E-state index is 10.4. The smallest absolute Gasteiger partial charge is 0.330 e. The van der Waals surface area contributed by atoms with Crippen LogP contribution in [-0.4, -0.2) is 22.1 Å². The lowest BCUT2D eigenvalue weighted by molar-refractivity contribution is -0.132. The van der Waals surface area contributed by atoms with Gasteiger partial charge >= 0.3 is 5.97 Å². The first-order valence-electron chi connectivity index (χ1n) is 4.72. The second-order valence-corrected chi connectivity index (χ2v) is 4.77. The molecule has 0 aliphatic heterocycles. The summed E-state index contributed by atoms with van der Waals surface area (Å²) in [4.78, 5) is 10.4. The fourth-order valence-electron chi connectivity index (χ4n) is 1.45. The zero-order valence-corrected chi connectivity index (χ0v) is 8.77. The summed E-state index contributed by atoms with van der Waals surface area (Å²) < 4.78 is 0. The van der Waals surface area contributed by atoms with Crippen LogP contribution in [0.3, 0.4) is 0 Å². The second kappa shape index (κ2) is 5.32. The highest BCUT2D eigenvalue weighted by atomic mass is 32.2. The maximum Gasteiger partial charge on any atom is 0.330 e. The molecule has 74 valence electrons. The first kappa shape index (κ1) is 10.6. The monoisotopic (exact) mass is 200 g/mol. The Morgan fingerprint density at radius 2 is 2.15 bits per heavy atom. The van der Waals surface area contributed by atoms with Crippen molar-refractivity contribution in [3.63, 3.8) is 0 Å². The summed E-state index contributed by atoms with van der Waals surface area (Å²) in [6.45, 7) is 1.65. The van der Waals surface area contributed by atoms with Gasteiger partial charge in [0.1, 0.15) is 0 Å². The standard InChI is InChI=1S/C10H16O2S/c1-8(10(11)12)6-7-13-9-4-2-3-5-9/h6,9H,2-5,7H2,1H3,(H,11,12). The van der Waals surface area contributed by atoms with Crippen LogP contribution in [0.25, 0.3) is 0 Å². The Morgan fingerprint density at radius 3 is 2.69 bits per heavy atom. The van der Waals surface area contributed by atoms with Crippen molar-refractivity contribution in [2.75, 3.05) is 5.75 Å². The molecular formula is C10H16O2S. The van der Waals surface area contributed by atoms with E-state index in [1.54, 1.807) is 6.92 Å². The number of hydrogen-bond donors (Lipinski definition) is 1.